The molecule has 1 aromatic rings. The molecule has 0 bridgehead atoms. The minimum absolute atomic E-state index is 0.0333. The first-order valence-corrected chi connectivity index (χ1v) is 5.96. The van der Waals surface area contributed by atoms with E-state index in [0.29, 0.717) is 18.8 Å². The number of hydrogen-bond donors (Lipinski definition) is 1. The lowest BCUT2D eigenvalue weighted by Gasteiger charge is -2.25. The molecule has 0 heterocycles. The predicted octanol–water partition coefficient (Wildman–Crippen LogP) is 2.28. The van der Waals surface area contributed by atoms with Crippen molar-refractivity contribution in [2.75, 3.05) is 6.61 Å². The second-order valence-corrected chi connectivity index (χ2v) is 4.91. The first kappa shape index (κ1) is 14.9. The van der Waals surface area contributed by atoms with E-state index in [-0.39, 0.29) is 17.1 Å². The zero-order valence-corrected chi connectivity index (χ0v) is 11.3. The quantitative estimate of drug-likeness (QED) is 0.632. The van der Waals surface area contributed by atoms with Crippen LogP contribution in [0.5, 0.6) is 5.75 Å². The summed E-state index contributed by atoms with van der Waals surface area (Å²) in [6.45, 7) is 5.71. The zero-order chi connectivity index (χ0) is 14.5. The highest BCUT2D eigenvalue weighted by Gasteiger charge is 2.18. The molecule has 0 aliphatic carbocycles. The maximum atomic E-state index is 11.0. The monoisotopic (exact) mass is 266 g/mol. The SMILES string of the molecule is CC(=O)NC(C)(C)CCOc1ccc([N+](=O)[O-])cc1. The number of nitro groups is 1. The lowest BCUT2D eigenvalue weighted by molar-refractivity contribution is -0.384. The van der Waals surface area contributed by atoms with Crippen LogP contribution < -0.4 is 10.1 Å². The van der Waals surface area contributed by atoms with Crippen LogP contribution in [0.2, 0.25) is 0 Å². The van der Waals surface area contributed by atoms with Crippen molar-refractivity contribution >= 4 is 11.6 Å². The molecule has 0 aliphatic rings. The van der Waals surface area contributed by atoms with Gasteiger partial charge in [-0.2, -0.15) is 0 Å². The smallest absolute Gasteiger partial charge is 0.269 e. The summed E-state index contributed by atoms with van der Waals surface area (Å²) in [6, 6.07) is 5.91. The summed E-state index contributed by atoms with van der Waals surface area (Å²) in [5, 5.41) is 13.3. The summed E-state index contributed by atoms with van der Waals surface area (Å²) in [5.74, 6) is 0.490. The minimum atomic E-state index is -0.455. The molecule has 0 unspecified atom stereocenters. The van der Waals surface area contributed by atoms with E-state index in [4.69, 9.17) is 4.74 Å². The first-order chi connectivity index (χ1) is 8.80. The van der Waals surface area contributed by atoms with Crippen molar-refractivity contribution in [2.24, 2.45) is 0 Å². The second kappa shape index (κ2) is 6.17. The molecule has 1 aromatic carbocycles. The van der Waals surface area contributed by atoms with Crippen LogP contribution in [0.3, 0.4) is 0 Å². The van der Waals surface area contributed by atoms with E-state index in [1.165, 1.54) is 19.1 Å². The fourth-order valence-electron chi connectivity index (χ4n) is 1.63. The van der Waals surface area contributed by atoms with E-state index in [1.807, 2.05) is 13.8 Å². The van der Waals surface area contributed by atoms with E-state index in [9.17, 15) is 14.9 Å². The van der Waals surface area contributed by atoms with Crippen molar-refractivity contribution in [3.8, 4) is 5.75 Å². The van der Waals surface area contributed by atoms with Crippen LogP contribution in [0.15, 0.2) is 24.3 Å². The fraction of sp³-hybridized carbons (Fsp3) is 0.462. The van der Waals surface area contributed by atoms with E-state index >= 15 is 0 Å². The third kappa shape index (κ3) is 5.37. The number of nitro benzene ring substituents is 1. The van der Waals surface area contributed by atoms with Crippen LogP contribution in [0.4, 0.5) is 5.69 Å². The number of carbonyl (C=O) groups excluding carboxylic acids is 1. The molecular formula is C13H18N2O4. The van der Waals surface area contributed by atoms with E-state index in [1.54, 1.807) is 12.1 Å². The largest absolute Gasteiger partial charge is 0.493 e. The number of ether oxygens (including phenoxy) is 1. The normalized spacial score (nSPS) is 10.9. The highest BCUT2D eigenvalue weighted by molar-refractivity contribution is 5.73. The number of non-ortho nitro benzene ring substituents is 1. The van der Waals surface area contributed by atoms with E-state index < -0.39 is 4.92 Å². The number of benzene rings is 1. The lowest BCUT2D eigenvalue weighted by Crippen LogP contribution is -2.43. The fourth-order valence-corrected chi connectivity index (χ4v) is 1.63. The third-order valence-electron chi connectivity index (χ3n) is 2.56. The summed E-state index contributed by atoms with van der Waals surface area (Å²) in [5.41, 5.74) is -0.307. The van der Waals surface area contributed by atoms with Gasteiger partial charge >= 0.3 is 0 Å². The summed E-state index contributed by atoms with van der Waals surface area (Å²) < 4.78 is 5.48. The molecule has 0 atom stereocenters. The Balaban J connectivity index is 2.45. The van der Waals surface area contributed by atoms with Crippen molar-refractivity contribution in [1.82, 2.24) is 5.32 Å². The van der Waals surface area contributed by atoms with Crippen LogP contribution in [-0.4, -0.2) is 23.0 Å². The summed E-state index contributed by atoms with van der Waals surface area (Å²) in [6.07, 6.45) is 0.642. The van der Waals surface area contributed by atoms with Crippen LogP contribution in [0.25, 0.3) is 0 Å². The third-order valence-corrected chi connectivity index (χ3v) is 2.56. The van der Waals surface area contributed by atoms with Gasteiger partial charge in [0.05, 0.1) is 11.5 Å². The van der Waals surface area contributed by atoms with Crippen molar-refractivity contribution in [3.63, 3.8) is 0 Å². The van der Waals surface area contributed by atoms with Crippen LogP contribution in [0, 0.1) is 10.1 Å². The molecule has 1 rings (SSSR count). The number of rotatable bonds is 6. The Morgan fingerprint density at radius 2 is 1.95 bits per heavy atom. The highest BCUT2D eigenvalue weighted by Crippen LogP contribution is 2.18. The molecule has 0 saturated carbocycles. The van der Waals surface area contributed by atoms with Gasteiger partial charge in [-0.25, -0.2) is 0 Å². The molecule has 0 aliphatic heterocycles. The number of nitrogens with zero attached hydrogens (tertiary/aromatic N) is 1. The van der Waals surface area contributed by atoms with Crippen molar-refractivity contribution in [2.45, 2.75) is 32.7 Å². The maximum absolute atomic E-state index is 11.0. The van der Waals surface area contributed by atoms with Crippen molar-refractivity contribution < 1.29 is 14.5 Å². The number of carbonyl (C=O) groups is 1. The first-order valence-electron chi connectivity index (χ1n) is 5.96. The Hall–Kier alpha value is -2.11. The highest BCUT2D eigenvalue weighted by atomic mass is 16.6. The molecule has 6 nitrogen and oxygen atoms in total. The molecule has 1 N–H and O–H groups in total. The van der Waals surface area contributed by atoms with Gasteiger partial charge in [0, 0.05) is 31.0 Å². The molecular weight excluding hydrogens is 248 g/mol. The average molecular weight is 266 g/mol. The molecule has 104 valence electrons. The Morgan fingerprint density at radius 3 is 2.42 bits per heavy atom. The number of nitrogens with one attached hydrogen (secondary N) is 1. The van der Waals surface area contributed by atoms with Gasteiger partial charge in [0.15, 0.2) is 0 Å². The van der Waals surface area contributed by atoms with Crippen molar-refractivity contribution in [1.29, 1.82) is 0 Å². The maximum Gasteiger partial charge on any atom is 0.269 e. The van der Waals surface area contributed by atoms with Crippen LogP contribution in [-0.2, 0) is 4.79 Å². The molecule has 19 heavy (non-hydrogen) atoms. The molecule has 6 heteroatoms. The zero-order valence-electron chi connectivity index (χ0n) is 11.3. The summed E-state index contributed by atoms with van der Waals surface area (Å²) in [7, 11) is 0. The van der Waals surface area contributed by atoms with Crippen molar-refractivity contribution in [3.05, 3.63) is 34.4 Å². The number of hydrogen-bond acceptors (Lipinski definition) is 4. The van der Waals surface area contributed by atoms with Crippen LogP contribution in [0.1, 0.15) is 27.2 Å². The lowest BCUT2D eigenvalue weighted by atomic mass is 10.0. The van der Waals surface area contributed by atoms with Crippen LogP contribution >= 0.6 is 0 Å². The van der Waals surface area contributed by atoms with E-state index in [0.717, 1.165) is 0 Å². The average Bonchev–Trinajstić information content (AvgIpc) is 2.27. The predicted molar refractivity (Wildman–Crippen MR) is 71.1 cm³/mol. The van der Waals surface area contributed by atoms with E-state index in [2.05, 4.69) is 5.32 Å². The topological polar surface area (TPSA) is 81.5 Å². The Morgan fingerprint density at radius 1 is 1.37 bits per heavy atom. The molecule has 0 aromatic heterocycles. The molecule has 0 radical (unpaired) electrons. The molecule has 0 spiro atoms. The molecule has 0 fully saturated rings. The standard InChI is InChI=1S/C13H18N2O4/c1-10(16)14-13(2,3)8-9-19-12-6-4-11(5-7-12)15(17)18/h4-7H,8-9H2,1-3H3,(H,14,16). The van der Waals surface area contributed by atoms with Gasteiger partial charge in [0.2, 0.25) is 5.91 Å². The summed E-state index contributed by atoms with van der Waals surface area (Å²) in [4.78, 5) is 21.0. The molecule has 1 amide bonds. The Labute approximate surface area is 111 Å². The summed E-state index contributed by atoms with van der Waals surface area (Å²) >= 11 is 0. The Bertz CT molecular complexity index is 454. The van der Waals surface area contributed by atoms with Gasteiger partial charge < -0.3 is 10.1 Å². The van der Waals surface area contributed by atoms with Gasteiger partial charge in [-0.3, -0.25) is 14.9 Å². The Kier molecular flexibility index (Phi) is 4.86. The van der Waals surface area contributed by atoms with Gasteiger partial charge in [0.1, 0.15) is 5.75 Å². The number of amides is 1. The molecule has 0 saturated heterocycles. The second-order valence-electron chi connectivity index (χ2n) is 4.91. The van der Waals surface area contributed by atoms with Gasteiger partial charge in [-0.05, 0) is 26.0 Å². The van der Waals surface area contributed by atoms with Gasteiger partial charge in [0.25, 0.3) is 5.69 Å². The van der Waals surface area contributed by atoms with Gasteiger partial charge in [-0.15, -0.1) is 0 Å². The minimum Gasteiger partial charge on any atom is -0.493 e. The van der Waals surface area contributed by atoms with Gasteiger partial charge in [-0.1, -0.05) is 0 Å².